The van der Waals surface area contributed by atoms with E-state index in [1.54, 1.807) is 0 Å². The molecule has 0 spiro atoms. The van der Waals surface area contributed by atoms with Gasteiger partial charge in [0, 0.05) is 18.5 Å². The third-order valence-corrected chi connectivity index (χ3v) is 4.72. The average Bonchev–Trinajstić information content (AvgIpc) is 3.27. The molecule has 0 amide bonds. The molecule has 2 fully saturated rings. The fourth-order valence-corrected chi connectivity index (χ4v) is 2.98. The van der Waals surface area contributed by atoms with Crippen molar-refractivity contribution in [3.8, 4) is 0 Å². The highest BCUT2D eigenvalue weighted by Crippen LogP contribution is 2.46. The fourth-order valence-electron chi connectivity index (χ4n) is 2.98. The highest BCUT2D eigenvalue weighted by molar-refractivity contribution is 5.16. The highest BCUT2D eigenvalue weighted by Gasteiger charge is 2.41. The van der Waals surface area contributed by atoms with E-state index in [1.807, 2.05) is 0 Å². The summed E-state index contributed by atoms with van der Waals surface area (Å²) < 4.78 is 2.48. The van der Waals surface area contributed by atoms with E-state index in [9.17, 15) is 0 Å². The molecule has 1 aromatic rings. The lowest BCUT2D eigenvalue weighted by Crippen LogP contribution is -2.42. The van der Waals surface area contributed by atoms with Crippen molar-refractivity contribution in [1.82, 2.24) is 19.7 Å². The molecule has 2 saturated carbocycles. The van der Waals surface area contributed by atoms with Crippen LogP contribution in [0.5, 0.6) is 0 Å². The Kier molecular flexibility index (Phi) is 3.39. The van der Waals surface area contributed by atoms with E-state index in [0.29, 0.717) is 17.9 Å². The van der Waals surface area contributed by atoms with Gasteiger partial charge >= 0.3 is 0 Å². The zero-order valence-corrected chi connectivity index (χ0v) is 13.6. The minimum absolute atomic E-state index is 0.0486. The Morgan fingerprint density at radius 1 is 1.20 bits per heavy atom. The Bertz CT molecular complexity index is 481. The van der Waals surface area contributed by atoms with Crippen molar-refractivity contribution in [1.29, 1.82) is 0 Å². The summed E-state index contributed by atoms with van der Waals surface area (Å²) in [4.78, 5) is 2.43. The van der Waals surface area contributed by atoms with Crippen molar-refractivity contribution < 1.29 is 0 Å². The lowest BCUT2D eigenvalue weighted by Gasteiger charge is -2.36. The van der Waals surface area contributed by atoms with Crippen molar-refractivity contribution in [2.45, 2.75) is 70.9 Å². The molecule has 2 aliphatic rings. The highest BCUT2D eigenvalue weighted by atomic mass is 15.3. The Labute approximate surface area is 122 Å². The first-order chi connectivity index (χ1) is 9.41. The van der Waals surface area contributed by atoms with Gasteiger partial charge in [-0.25, -0.2) is 0 Å². The second-order valence-corrected chi connectivity index (χ2v) is 7.59. The second-order valence-electron chi connectivity index (χ2n) is 7.59. The summed E-state index contributed by atoms with van der Waals surface area (Å²) in [6, 6.07) is 0.669. The first-order valence-corrected chi connectivity index (χ1v) is 8.07. The van der Waals surface area contributed by atoms with E-state index in [-0.39, 0.29) is 5.54 Å². The van der Waals surface area contributed by atoms with Gasteiger partial charge < -0.3 is 4.57 Å². The maximum Gasteiger partial charge on any atom is 0.153 e. The maximum absolute atomic E-state index is 4.61. The molecule has 0 radical (unpaired) electrons. The molecule has 0 saturated heterocycles. The molecule has 0 unspecified atom stereocenters. The van der Waals surface area contributed by atoms with Crippen molar-refractivity contribution in [2.75, 3.05) is 13.6 Å². The second kappa shape index (κ2) is 4.83. The summed E-state index contributed by atoms with van der Waals surface area (Å²) in [5, 5.41) is 9.16. The smallest absolute Gasteiger partial charge is 0.153 e. The van der Waals surface area contributed by atoms with Crippen LogP contribution >= 0.6 is 0 Å². The van der Waals surface area contributed by atoms with Crippen molar-refractivity contribution in [2.24, 2.45) is 5.92 Å². The third-order valence-electron chi connectivity index (χ3n) is 4.72. The van der Waals surface area contributed by atoms with Crippen LogP contribution in [0.2, 0.25) is 0 Å². The predicted molar refractivity (Wildman–Crippen MR) is 80.8 cm³/mol. The number of aromatic nitrogens is 3. The van der Waals surface area contributed by atoms with Crippen LogP contribution in [-0.4, -0.2) is 33.3 Å². The lowest BCUT2D eigenvalue weighted by molar-refractivity contribution is 0.125. The normalized spacial score (nSPS) is 20.1. The Morgan fingerprint density at radius 2 is 1.85 bits per heavy atom. The van der Waals surface area contributed by atoms with E-state index in [0.717, 1.165) is 6.54 Å². The molecule has 2 aliphatic carbocycles. The first kappa shape index (κ1) is 14.1. The SMILES string of the molecule is CC(C)CN(C)C(C)(C)c1nnc(C2CC2)n1C1CC1. The molecular weight excluding hydrogens is 248 g/mol. The van der Waals surface area contributed by atoms with Crippen molar-refractivity contribution >= 4 is 0 Å². The van der Waals surface area contributed by atoms with E-state index in [4.69, 9.17) is 0 Å². The Balaban J connectivity index is 1.92. The summed E-state index contributed by atoms with van der Waals surface area (Å²) in [7, 11) is 2.21. The summed E-state index contributed by atoms with van der Waals surface area (Å²) in [5.41, 5.74) is -0.0486. The monoisotopic (exact) mass is 276 g/mol. The van der Waals surface area contributed by atoms with Crippen molar-refractivity contribution in [3.05, 3.63) is 11.6 Å². The quantitative estimate of drug-likeness (QED) is 0.799. The van der Waals surface area contributed by atoms with E-state index in [2.05, 4.69) is 54.4 Å². The van der Waals surface area contributed by atoms with Crippen LogP contribution in [0.1, 0.15) is 77.0 Å². The molecule has 1 heterocycles. The van der Waals surface area contributed by atoms with Gasteiger partial charge in [0.2, 0.25) is 0 Å². The molecule has 4 heteroatoms. The van der Waals surface area contributed by atoms with Gasteiger partial charge in [0.15, 0.2) is 5.82 Å². The zero-order valence-electron chi connectivity index (χ0n) is 13.6. The molecular formula is C16H28N4. The summed E-state index contributed by atoms with van der Waals surface area (Å²) in [6.07, 6.45) is 5.20. The number of hydrogen-bond donors (Lipinski definition) is 0. The fraction of sp³-hybridized carbons (Fsp3) is 0.875. The van der Waals surface area contributed by atoms with Crippen LogP contribution < -0.4 is 0 Å². The molecule has 0 aliphatic heterocycles. The molecule has 4 nitrogen and oxygen atoms in total. The van der Waals surface area contributed by atoms with Crippen LogP contribution in [0.4, 0.5) is 0 Å². The predicted octanol–water partition coefficient (Wildman–Crippen LogP) is 3.31. The molecule has 112 valence electrons. The van der Waals surface area contributed by atoms with Crippen LogP contribution in [-0.2, 0) is 5.54 Å². The topological polar surface area (TPSA) is 34.0 Å². The lowest BCUT2D eigenvalue weighted by atomic mass is 10.0. The Morgan fingerprint density at radius 3 is 2.35 bits per heavy atom. The van der Waals surface area contributed by atoms with Gasteiger partial charge in [-0.15, -0.1) is 10.2 Å². The van der Waals surface area contributed by atoms with Gasteiger partial charge in [0.1, 0.15) is 5.82 Å². The van der Waals surface area contributed by atoms with Crippen LogP contribution in [0.3, 0.4) is 0 Å². The Hall–Kier alpha value is -0.900. The molecule has 0 bridgehead atoms. The number of nitrogens with zero attached hydrogens (tertiary/aromatic N) is 4. The molecule has 0 N–H and O–H groups in total. The van der Waals surface area contributed by atoms with E-state index >= 15 is 0 Å². The van der Waals surface area contributed by atoms with E-state index in [1.165, 1.54) is 37.3 Å². The third kappa shape index (κ3) is 2.50. The standard InChI is InChI=1S/C16H28N4/c1-11(2)10-19(5)16(3,4)15-18-17-14(12-6-7-12)20(15)13-8-9-13/h11-13H,6-10H2,1-5H3. The molecule has 1 aromatic heterocycles. The molecule has 3 rings (SSSR count). The summed E-state index contributed by atoms with van der Waals surface area (Å²) >= 11 is 0. The average molecular weight is 276 g/mol. The van der Waals surface area contributed by atoms with Gasteiger partial charge in [-0.2, -0.15) is 0 Å². The van der Waals surface area contributed by atoms with Gasteiger partial charge in [-0.3, -0.25) is 4.90 Å². The number of hydrogen-bond acceptors (Lipinski definition) is 3. The molecule has 0 aromatic carbocycles. The summed E-state index contributed by atoms with van der Waals surface area (Å²) in [6.45, 7) is 10.2. The molecule has 0 atom stereocenters. The number of rotatable bonds is 6. The zero-order chi connectivity index (χ0) is 14.5. The largest absolute Gasteiger partial charge is 0.310 e. The van der Waals surface area contributed by atoms with Crippen LogP contribution in [0.15, 0.2) is 0 Å². The minimum atomic E-state index is -0.0486. The van der Waals surface area contributed by atoms with E-state index < -0.39 is 0 Å². The van der Waals surface area contributed by atoms with Gasteiger partial charge in [0.25, 0.3) is 0 Å². The summed E-state index contributed by atoms with van der Waals surface area (Å²) in [5.74, 6) is 3.78. The minimum Gasteiger partial charge on any atom is -0.310 e. The van der Waals surface area contributed by atoms with Gasteiger partial charge in [-0.05, 0) is 52.5 Å². The first-order valence-electron chi connectivity index (χ1n) is 8.07. The van der Waals surface area contributed by atoms with Gasteiger partial charge in [-0.1, -0.05) is 13.8 Å². The van der Waals surface area contributed by atoms with Crippen molar-refractivity contribution in [3.63, 3.8) is 0 Å². The van der Waals surface area contributed by atoms with Crippen LogP contribution in [0.25, 0.3) is 0 Å². The molecule has 20 heavy (non-hydrogen) atoms. The van der Waals surface area contributed by atoms with Crippen LogP contribution in [0, 0.1) is 5.92 Å². The maximum atomic E-state index is 4.61. The van der Waals surface area contributed by atoms with Gasteiger partial charge in [0.05, 0.1) is 5.54 Å².